The minimum atomic E-state index is 0.0552. The Morgan fingerprint density at radius 1 is 1.04 bits per heavy atom. The van der Waals surface area contributed by atoms with Crippen molar-refractivity contribution in [3.05, 3.63) is 59.2 Å². The molecule has 1 atom stereocenters. The third kappa shape index (κ3) is 3.14. The van der Waals surface area contributed by atoms with E-state index in [-0.39, 0.29) is 12.7 Å². The zero-order chi connectivity index (χ0) is 18.2. The van der Waals surface area contributed by atoms with Gasteiger partial charge in [0.15, 0.2) is 11.5 Å². The van der Waals surface area contributed by atoms with Gasteiger partial charge >= 0.3 is 0 Å². The van der Waals surface area contributed by atoms with Crippen molar-refractivity contribution < 1.29 is 19.0 Å². The van der Waals surface area contributed by atoms with Crippen LogP contribution < -0.4 is 14.2 Å². The van der Waals surface area contributed by atoms with E-state index in [4.69, 9.17) is 14.2 Å². The Morgan fingerprint density at radius 3 is 2.89 bits per heavy atom. The van der Waals surface area contributed by atoms with Crippen molar-refractivity contribution in [1.29, 1.82) is 0 Å². The number of carbonyl (C=O) groups is 1. The summed E-state index contributed by atoms with van der Waals surface area (Å²) in [5, 5.41) is 0. The summed E-state index contributed by atoms with van der Waals surface area (Å²) in [5.41, 5.74) is 3.54. The first-order chi connectivity index (χ1) is 13.3. The Balaban J connectivity index is 1.24. The van der Waals surface area contributed by atoms with Crippen LogP contribution in [-0.2, 0) is 11.2 Å². The van der Waals surface area contributed by atoms with Gasteiger partial charge in [0.05, 0.1) is 6.61 Å². The fraction of sp³-hybridized carbons (Fsp3) is 0.318. The number of carbonyl (C=O) groups excluding carboxylic acids is 1. The van der Waals surface area contributed by atoms with Gasteiger partial charge in [0.1, 0.15) is 5.75 Å². The maximum absolute atomic E-state index is 12.6. The zero-order valence-electron chi connectivity index (χ0n) is 15.0. The Bertz CT molecular complexity index is 921. The maximum Gasteiger partial charge on any atom is 0.246 e. The normalized spacial score (nSPS) is 20.1. The van der Waals surface area contributed by atoms with Crippen LogP contribution in [0.2, 0.25) is 0 Å². The smallest absolute Gasteiger partial charge is 0.246 e. The molecule has 5 heteroatoms. The summed E-state index contributed by atoms with van der Waals surface area (Å²) < 4.78 is 16.3. The Hall–Kier alpha value is -2.95. The van der Waals surface area contributed by atoms with Crippen LogP contribution in [0.25, 0.3) is 6.08 Å². The summed E-state index contributed by atoms with van der Waals surface area (Å²) in [4.78, 5) is 14.5. The van der Waals surface area contributed by atoms with E-state index in [1.807, 2.05) is 29.2 Å². The number of nitrogens with zero attached hydrogens (tertiary/aromatic N) is 1. The van der Waals surface area contributed by atoms with Gasteiger partial charge in [0.25, 0.3) is 0 Å². The van der Waals surface area contributed by atoms with Crippen molar-refractivity contribution in [2.24, 2.45) is 0 Å². The minimum absolute atomic E-state index is 0.0552. The molecule has 5 nitrogen and oxygen atoms in total. The summed E-state index contributed by atoms with van der Waals surface area (Å²) in [6.07, 6.45) is 5.47. The second kappa shape index (κ2) is 6.65. The summed E-state index contributed by atoms with van der Waals surface area (Å²) in [7, 11) is 0. The third-order valence-electron chi connectivity index (χ3n) is 5.50. The Labute approximate surface area is 158 Å². The minimum Gasteiger partial charge on any atom is -0.493 e. The van der Waals surface area contributed by atoms with Gasteiger partial charge in [-0.15, -0.1) is 0 Å². The average Bonchev–Trinajstić information content (AvgIpc) is 3.45. The molecule has 0 bridgehead atoms. The van der Waals surface area contributed by atoms with Crippen LogP contribution in [0.3, 0.4) is 0 Å². The highest BCUT2D eigenvalue weighted by Gasteiger charge is 2.27. The van der Waals surface area contributed by atoms with E-state index in [0.717, 1.165) is 55.4 Å². The number of hydrogen-bond donors (Lipinski definition) is 0. The van der Waals surface area contributed by atoms with Gasteiger partial charge in [-0.2, -0.15) is 0 Å². The van der Waals surface area contributed by atoms with Crippen molar-refractivity contribution in [3.63, 3.8) is 0 Å². The van der Waals surface area contributed by atoms with E-state index in [0.29, 0.717) is 5.92 Å². The number of ether oxygens (including phenoxy) is 3. The predicted octanol–water partition coefficient (Wildman–Crippen LogP) is 3.38. The first-order valence-electron chi connectivity index (χ1n) is 9.38. The van der Waals surface area contributed by atoms with Gasteiger partial charge in [0.2, 0.25) is 12.7 Å². The SMILES string of the molecule is O=C(/C=C/c1ccc2c(c1)OCO2)N1CCC(c2ccc3c(c2)CCO3)C1. The van der Waals surface area contributed by atoms with Crippen molar-refractivity contribution >= 4 is 12.0 Å². The van der Waals surface area contributed by atoms with Crippen molar-refractivity contribution in [2.45, 2.75) is 18.8 Å². The molecule has 0 spiro atoms. The van der Waals surface area contributed by atoms with Gasteiger partial charge < -0.3 is 19.1 Å². The first kappa shape index (κ1) is 16.2. The highest BCUT2D eigenvalue weighted by Crippen LogP contribution is 2.34. The number of benzene rings is 2. The molecule has 1 unspecified atom stereocenters. The molecule has 0 radical (unpaired) electrons. The third-order valence-corrected chi connectivity index (χ3v) is 5.50. The summed E-state index contributed by atoms with van der Waals surface area (Å²) in [6, 6.07) is 12.2. The van der Waals surface area contributed by atoms with Crippen molar-refractivity contribution in [3.8, 4) is 17.2 Å². The average molecular weight is 363 g/mol. The van der Waals surface area contributed by atoms with E-state index in [1.165, 1.54) is 11.1 Å². The molecular weight excluding hydrogens is 342 g/mol. The summed E-state index contributed by atoms with van der Waals surface area (Å²) in [6.45, 7) is 2.59. The molecule has 0 aromatic heterocycles. The zero-order valence-corrected chi connectivity index (χ0v) is 15.0. The molecular formula is C22H21NO4. The molecule has 1 saturated heterocycles. The highest BCUT2D eigenvalue weighted by molar-refractivity contribution is 5.92. The second-order valence-electron chi connectivity index (χ2n) is 7.18. The molecule has 5 rings (SSSR count). The number of fused-ring (bicyclic) bond motifs is 2. The van der Waals surface area contributed by atoms with E-state index < -0.39 is 0 Å². The van der Waals surface area contributed by atoms with Crippen LogP contribution in [0.15, 0.2) is 42.5 Å². The first-order valence-corrected chi connectivity index (χ1v) is 9.38. The van der Waals surface area contributed by atoms with Gasteiger partial charge in [-0.3, -0.25) is 4.79 Å². The quantitative estimate of drug-likeness (QED) is 0.785. The van der Waals surface area contributed by atoms with E-state index in [1.54, 1.807) is 6.08 Å². The number of amides is 1. The molecule has 2 aromatic rings. The molecule has 138 valence electrons. The number of likely N-dealkylation sites (tertiary alicyclic amines) is 1. The summed E-state index contributed by atoms with van der Waals surface area (Å²) in [5.74, 6) is 2.95. The van der Waals surface area contributed by atoms with Gasteiger partial charge in [-0.1, -0.05) is 18.2 Å². The molecule has 0 N–H and O–H groups in total. The second-order valence-corrected chi connectivity index (χ2v) is 7.18. The van der Waals surface area contributed by atoms with Gasteiger partial charge in [-0.05, 0) is 47.4 Å². The van der Waals surface area contributed by atoms with Crippen LogP contribution in [0.1, 0.15) is 29.0 Å². The molecule has 27 heavy (non-hydrogen) atoms. The van der Waals surface area contributed by atoms with E-state index in [2.05, 4.69) is 18.2 Å². The molecule has 0 saturated carbocycles. The van der Waals surface area contributed by atoms with E-state index in [9.17, 15) is 4.79 Å². The maximum atomic E-state index is 12.6. The lowest BCUT2D eigenvalue weighted by atomic mass is 9.96. The van der Waals surface area contributed by atoms with Gasteiger partial charge in [0, 0.05) is 31.5 Å². The molecule has 1 amide bonds. The standard InChI is InChI=1S/C22H21NO4/c24-22(6-2-15-1-4-20-21(11-15)27-14-26-20)23-9-7-18(13-23)16-3-5-19-17(12-16)8-10-25-19/h1-6,11-12,18H,7-10,13-14H2/b6-2+. The topological polar surface area (TPSA) is 48.0 Å². The van der Waals surface area contributed by atoms with Crippen LogP contribution in [0, 0.1) is 0 Å². The lowest BCUT2D eigenvalue weighted by Crippen LogP contribution is -2.26. The number of hydrogen-bond acceptors (Lipinski definition) is 4. The lowest BCUT2D eigenvalue weighted by molar-refractivity contribution is -0.124. The fourth-order valence-electron chi connectivity index (χ4n) is 3.98. The number of rotatable bonds is 3. The molecule has 1 fully saturated rings. The summed E-state index contributed by atoms with van der Waals surface area (Å²) >= 11 is 0. The van der Waals surface area contributed by atoms with Gasteiger partial charge in [-0.25, -0.2) is 0 Å². The molecule has 0 aliphatic carbocycles. The Kier molecular flexibility index (Phi) is 4.00. The predicted molar refractivity (Wildman–Crippen MR) is 101 cm³/mol. The van der Waals surface area contributed by atoms with E-state index >= 15 is 0 Å². The molecule has 3 aliphatic rings. The molecule has 3 heterocycles. The molecule has 3 aliphatic heterocycles. The van der Waals surface area contributed by atoms with Crippen LogP contribution in [-0.4, -0.2) is 37.3 Å². The largest absolute Gasteiger partial charge is 0.493 e. The van der Waals surface area contributed by atoms with Crippen molar-refractivity contribution in [2.75, 3.05) is 26.5 Å². The lowest BCUT2D eigenvalue weighted by Gasteiger charge is -2.15. The monoisotopic (exact) mass is 363 g/mol. The van der Waals surface area contributed by atoms with Crippen LogP contribution in [0.4, 0.5) is 0 Å². The van der Waals surface area contributed by atoms with Crippen molar-refractivity contribution in [1.82, 2.24) is 4.90 Å². The van der Waals surface area contributed by atoms with Crippen LogP contribution >= 0.6 is 0 Å². The highest BCUT2D eigenvalue weighted by atomic mass is 16.7. The molecule has 2 aromatic carbocycles. The Morgan fingerprint density at radius 2 is 1.93 bits per heavy atom. The fourth-order valence-corrected chi connectivity index (χ4v) is 3.98. The van der Waals surface area contributed by atoms with Crippen LogP contribution in [0.5, 0.6) is 17.2 Å².